The number of morpholine rings is 1. The minimum Gasteiger partial charge on any atom is -0.377 e. The highest BCUT2D eigenvalue weighted by Gasteiger charge is 2.40. The number of aliphatic hydroxyl groups is 1. The molecular formula is C27H30ClN5O4. The second-order valence-electron chi connectivity index (χ2n) is 10.5. The number of hydrogen-bond donors (Lipinski definition) is 3. The maximum absolute atomic E-state index is 13.6. The number of carbonyl (C=O) groups is 2. The lowest BCUT2D eigenvalue weighted by Gasteiger charge is -2.43. The summed E-state index contributed by atoms with van der Waals surface area (Å²) in [5.41, 5.74) is 0.444. The normalized spacial score (nSPS) is 21.6. The van der Waals surface area contributed by atoms with Gasteiger partial charge in [-0.2, -0.15) is 0 Å². The van der Waals surface area contributed by atoms with Gasteiger partial charge in [0.2, 0.25) is 11.8 Å². The van der Waals surface area contributed by atoms with Crippen LogP contribution in [0, 0.1) is 12.3 Å². The SMILES string of the molecule is C#CC1(O)CCN(C(=O)CN2CC(C)(C)OC[C@H]2C(=O)Nc2cc(Cl)cc3c2[nH]c2cnccc23)CC1. The average Bonchev–Trinajstić information content (AvgIpc) is 3.23. The van der Waals surface area contributed by atoms with Gasteiger partial charge in [0, 0.05) is 54.5 Å². The lowest BCUT2D eigenvalue weighted by molar-refractivity contribution is -0.151. The number of nitrogens with zero attached hydrogens (tertiary/aromatic N) is 3. The van der Waals surface area contributed by atoms with Gasteiger partial charge in [-0.15, -0.1) is 6.42 Å². The van der Waals surface area contributed by atoms with Gasteiger partial charge in [0.25, 0.3) is 0 Å². The second kappa shape index (κ2) is 9.62. The molecular weight excluding hydrogens is 494 g/mol. The molecule has 2 aliphatic rings. The predicted molar refractivity (Wildman–Crippen MR) is 142 cm³/mol. The largest absolute Gasteiger partial charge is 0.377 e. The number of likely N-dealkylation sites (tertiary alicyclic amines) is 1. The van der Waals surface area contributed by atoms with E-state index in [2.05, 4.69) is 21.2 Å². The number of anilines is 1. The van der Waals surface area contributed by atoms with Gasteiger partial charge < -0.3 is 25.0 Å². The summed E-state index contributed by atoms with van der Waals surface area (Å²) in [4.78, 5) is 37.8. The number of pyridine rings is 1. The number of ether oxygens (including phenoxy) is 1. The van der Waals surface area contributed by atoms with Gasteiger partial charge in [0.15, 0.2) is 0 Å². The Morgan fingerprint density at radius 1 is 1.32 bits per heavy atom. The fourth-order valence-corrected chi connectivity index (χ4v) is 5.36. The molecule has 194 valence electrons. The molecule has 2 fully saturated rings. The number of fused-ring (bicyclic) bond motifs is 3. The van der Waals surface area contributed by atoms with Crippen molar-refractivity contribution in [3.8, 4) is 12.3 Å². The van der Waals surface area contributed by atoms with Crippen LogP contribution in [0.4, 0.5) is 5.69 Å². The third-order valence-corrected chi connectivity index (χ3v) is 7.46. The van der Waals surface area contributed by atoms with Crippen molar-refractivity contribution in [2.24, 2.45) is 0 Å². The summed E-state index contributed by atoms with van der Waals surface area (Å²) in [5.74, 6) is 2.03. The van der Waals surface area contributed by atoms with Crippen molar-refractivity contribution in [1.82, 2.24) is 19.8 Å². The minimum atomic E-state index is -1.17. The van der Waals surface area contributed by atoms with E-state index in [0.717, 1.165) is 21.8 Å². The number of aromatic amines is 1. The molecule has 37 heavy (non-hydrogen) atoms. The molecule has 0 saturated carbocycles. The summed E-state index contributed by atoms with van der Waals surface area (Å²) < 4.78 is 5.97. The highest BCUT2D eigenvalue weighted by molar-refractivity contribution is 6.33. The molecule has 9 nitrogen and oxygen atoms in total. The van der Waals surface area contributed by atoms with Gasteiger partial charge in [-0.25, -0.2) is 0 Å². The van der Waals surface area contributed by atoms with Crippen molar-refractivity contribution >= 4 is 50.9 Å². The first-order valence-corrected chi connectivity index (χ1v) is 12.7. The molecule has 0 aliphatic carbocycles. The van der Waals surface area contributed by atoms with Crippen molar-refractivity contribution in [2.75, 3.05) is 38.1 Å². The van der Waals surface area contributed by atoms with Crippen molar-refractivity contribution < 1.29 is 19.4 Å². The van der Waals surface area contributed by atoms with Crippen LogP contribution in [0.1, 0.15) is 26.7 Å². The van der Waals surface area contributed by atoms with Gasteiger partial charge in [0.1, 0.15) is 11.6 Å². The van der Waals surface area contributed by atoms with Gasteiger partial charge in [-0.3, -0.25) is 19.5 Å². The van der Waals surface area contributed by atoms with Crippen LogP contribution in [0.25, 0.3) is 21.8 Å². The molecule has 0 bridgehead atoms. The summed E-state index contributed by atoms with van der Waals surface area (Å²) in [5, 5.41) is 15.6. The highest BCUT2D eigenvalue weighted by Crippen LogP contribution is 2.33. The van der Waals surface area contributed by atoms with Crippen LogP contribution in [0.2, 0.25) is 5.02 Å². The first kappa shape index (κ1) is 25.5. The Morgan fingerprint density at radius 3 is 2.81 bits per heavy atom. The molecule has 2 saturated heterocycles. The Labute approximate surface area is 220 Å². The third kappa shape index (κ3) is 5.15. The zero-order valence-corrected chi connectivity index (χ0v) is 21.6. The number of nitrogens with one attached hydrogen (secondary N) is 2. The van der Waals surface area contributed by atoms with Crippen LogP contribution < -0.4 is 5.32 Å². The number of terminal acetylenes is 1. The molecule has 2 amide bonds. The number of amides is 2. The van der Waals surface area contributed by atoms with Crippen LogP contribution in [0.15, 0.2) is 30.6 Å². The number of rotatable bonds is 4. The lowest BCUT2D eigenvalue weighted by Crippen LogP contribution is -2.60. The average molecular weight is 524 g/mol. The van der Waals surface area contributed by atoms with Crippen LogP contribution in [0.5, 0.6) is 0 Å². The van der Waals surface area contributed by atoms with Crippen molar-refractivity contribution in [2.45, 2.75) is 43.9 Å². The Morgan fingerprint density at radius 2 is 2.08 bits per heavy atom. The smallest absolute Gasteiger partial charge is 0.244 e. The van der Waals surface area contributed by atoms with E-state index in [1.807, 2.05) is 30.9 Å². The van der Waals surface area contributed by atoms with E-state index in [-0.39, 0.29) is 25.0 Å². The number of H-pyrrole nitrogens is 1. The van der Waals surface area contributed by atoms with Crippen LogP contribution in [-0.4, -0.2) is 86.7 Å². The Bertz CT molecular complexity index is 1400. The van der Waals surface area contributed by atoms with Crippen LogP contribution in [-0.2, 0) is 14.3 Å². The van der Waals surface area contributed by atoms with Crippen molar-refractivity contribution in [3.63, 3.8) is 0 Å². The fraction of sp³-hybridized carbons (Fsp3) is 0.444. The molecule has 1 aromatic carbocycles. The monoisotopic (exact) mass is 523 g/mol. The van der Waals surface area contributed by atoms with E-state index in [9.17, 15) is 14.7 Å². The zero-order chi connectivity index (χ0) is 26.4. The van der Waals surface area contributed by atoms with Crippen molar-refractivity contribution in [1.29, 1.82) is 0 Å². The summed E-state index contributed by atoms with van der Waals surface area (Å²) in [6.07, 6.45) is 9.53. The van der Waals surface area contributed by atoms with E-state index < -0.39 is 17.2 Å². The molecule has 2 aromatic heterocycles. The molecule has 0 unspecified atom stereocenters. The van der Waals surface area contributed by atoms with E-state index in [1.165, 1.54) is 0 Å². The number of hydrogen-bond acceptors (Lipinski definition) is 6. The van der Waals surface area contributed by atoms with Crippen LogP contribution in [0.3, 0.4) is 0 Å². The molecule has 2 aliphatic heterocycles. The maximum atomic E-state index is 13.6. The number of piperidine rings is 1. The number of benzene rings is 1. The maximum Gasteiger partial charge on any atom is 0.244 e. The molecule has 1 atom stereocenters. The summed E-state index contributed by atoms with van der Waals surface area (Å²) >= 11 is 6.41. The van der Waals surface area contributed by atoms with E-state index in [4.69, 9.17) is 22.8 Å². The van der Waals surface area contributed by atoms with Gasteiger partial charge in [-0.05, 0) is 32.0 Å². The van der Waals surface area contributed by atoms with E-state index >= 15 is 0 Å². The predicted octanol–water partition coefficient (Wildman–Crippen LogP) is 2.77. The number of halogens is 1. The Kier molecular flexibility index (Phi) is 6.62. The third-order valence-electron chi connectivity index (χ3n) is 7.24. The standard InChI is InChI=1S/C27H30ClN5O4/c1-4-27(36)6-9-32(10-7-27)23(34)14-33-16-26(2,3)37-15-22(33)25(35)31-20-12-17(28)11-19-18-5-8-29-13-21(18)30-24(19)20/h1,5,8,11-13,22,30,36H,6-7,9-10,14-16H2,2-3H3,(H,31,35)/t22-/m0/s1. The summed E-state index contributed by atoms with van der Waals surface area (Å²) in [6.45, 7) is 5.23. The zero-order valence-electron chi connectivity index (χ0n) is 20.9. The lowest BCUT2D eigenvalue weighted by atomic mass is 9.92. The Balaban J connectivity index is 1.36. The first-order chi connectivity index (χ1) is 17.6. The van der Waals surface area contributed by atoms with Gasteiger partial charge >= 0.3 is 0 Å². The molecule has 0 radical (unpaired) electrons. The summed E-state index contributed by atoms with van der Waals surface area (Å²) in [6, 6.07) is 4.77. The van der Waals surface area contributed by atoms with Crippen LogP contribution >= 0.6 is 11.6 Å². The van der Waals surface area contributed by atoms with E-state index in [0.29, 0.717) is 43.2 Å². The van der Waals surface area contributed by atoms with Crippen molar-refractivity contribution in [3.05, 3.63) is 35.6 Å². The fourth-order valence-electron chi connectivity index (χ4n) is 5.14. The van der Waals surface area contributed by atoms with Gasteiger partial charge in [-0.1, -0.05) is 17.5 Å². The molecule has 3 N–H and O–H groups in total. The Hall–Kier alpha value is -3.16. The molecule has 5 rings (SSSR count). The molecule has 4 heterocycles. The molecule has 10 heteroatoms. The number of aromatic nitrogens is 2. The first-order valence-electron chi connectivity index (χ1n) is 12.3. The van der Waals surface area contributed by atoms with Gasteiger partial charge in [0.05, 0.1) is 41.7 Å². The second-order valence-corrected chi connectivity index (χ2v) is 10.9. The van der Waals surface area contributed by atoms with E-state index in [1.54, 1.807) is 23.4 Å². The number of carbonyl (C=O) groups excluding carboxylic acids is 2. The topological polar surface area (TPSA) is 111 Å². The quantitative estimate of drug-likeness (QED) is 0.454. The molecule has 3 aromatic rings. The summed E-state index contributed by atoms with van der Waals surface area (Å²) in [7, 11) is 0. The minimum absolute atomic E-state index is 0.0579. The molecule has 0 spiro atoms. The highest BCUT2D eigenvalue weighted by atomic mass is 35.5.